The molecule has 2 aliphatic heterocycles. The van der Waals surface area contributed by atoms with Crippen molar-refractivity contribution in [3.8, 4) is 0 Å². The number of piperazine rings is 2. The Balaban J connectivity index is 0.000000196. The predicted octanol–water partition coefficient (Wildman–Crippen LogP) is 2.76. The summed E-state index contributed by atoms with van der Waals surface area (Å²) in [5.41, 5.74) is 4.59. The third kappa shape index (κ3) is 10.5. The van der Waals surface area contributed by atoms with E-state index in [2.05, 4.69) is 51.0 Å². The third-order valence-electron chi connectivity index (χ3n) is 13.4. The average molecular weight is 935 g/mol. The molecule has 4 fully saturated rings. The van der Waals surface area contributed by atoms with Crippen LogP contribution in [0.5, 0.6) is 0 Å². The molecule has 10 rings (SSSR count). The Labute approximate surface area is 416 Å². The van der Waals surface area contributed by atoms with Gasteiger partial charge in [-0.25, -0.2) is 19.9 Å². The fourth-order valence-electron chi connectivity index (χ4n) is 9.99. The zero-order valence-corrected chi connectivity index (χ0v) is 41.6. The van der Waals surface area contributed by atoms with Gasteiger partial charge in [-0.05, 0) is 88.8 Å². The molecule has 2 saturated heterocycles. The molecule has 8 heterocycles. The minimum Gasteiger partial charge on any atom is -0.870 e. The maximum absolute atomic E-state index is 13.3. The molecule has 0 bridgehead atoms. The zero-order chi connectivity index (χ0) is 45.9. The number of nitrogens with zero attached hydrogens (tertiary/aromatic N) is 10. The van der Waals surface area contributed by atoms with Crippen LogP contribution in [0.2, 0.25) is 0 Å². The number of carbonyl (C=O) groups is 2. The summed E-state index contributed by atoms with van der Waals surface area (Å²) in [6.07, 6.45) is 15.0. The molecule has 0 radical (unpaired) electrons. The van der Waals surface area contributed by atoms with E-state index in [0.717, 1.165) is 126 Å². The summed E-state index contributed by atoms with van der Waals surface area (Å²) in [4.78, 5) is 83.2. The van der Waals surface area contributed by atoms with Gasteiger partial charge in [-0.2, -0.15) is 9.97 Å². The second-order valence-electron chi connectivity index (χ2n) is 17.7. The van der Waals surface area contributed by atoms with Crippen LogP contribution < -0.4 is 71.7 Å². The maximum Gasteiger partial charge on any atom is 1.00 e. The number of aromatic nitrogens is 8. The van der Waals surface area contributed by atoms with E-state index in [0.29, 0.717) is 46.0 Å². The monoisotopic (exact) mass is 934 g/mol. The van der Waals surface area contributed by atoms with Crippen LogP contribution in [0.15, 0.2) is 58.6 Å². The van der Waals surface area contributed by atoms with Crippen molar-refractivity contribution in [2.24, 2.45) is 0 Å². The normalized spacial score (nSPS) is 16.5. The molecule has 19 nitrogen and oxygen atoms in total. The molecule has 2 saturated carbocycles. The molecule has 0 unspecified atom stereocenters. The van der Waals surface area contributed by atoms with Gasteiger partial charge in [-0.15, -0.1) is 0 Å². The SMILES string of the molecule is CC(=O)c1c(C)c2cnc(Nc3ccc(N4CCNCC4)cn3)nc2n(C2CCCC2)c1=O.CC(=O)c1c(C)c2cnc(Nc3ccc(N4CCNCC4)cn3)nc2n(C2CCCC2)c1=O.[Na+].[OH-]. The number of pyridine rings is 4. The van der Waals surface area contributed by atoms with Gasteiger partial charge < -0.3 is 36.5 Å². The van der Waals surface area contributed by atoms with E-state index in [1.807, 2.05) is 36.7 Å². The Morgan fingerprint density at radius 3 is 1.26 bits per heavy atom. The minimum atomic E-state index is -0.248. The van der Waals surface area contributed by atoms with Crippen molar-refractivity contribution in [2.45, 2.75) is 91.1 Å². The third-order valence-corrected chi connectivity index (χ3v) is 13.4. The van der Waals surface area contributed by atoms with Crippen molar-refractivity contribution in [1.82, 2.24) is 49.7 Å². The summed E-state index contributed by atoms with van der Waals surface area (Å²) in [6, 6.07) is 8.02. The Morgan fingerprint density at radius 2 is 0.941 bits per heavy atom. The standard InChI is InChI=1S/2C24H29N7O2.Na.H2O/c2*1-15-19-14-27-24(28-20-8-7-18(13-26-20)30-11-9-25-10-12-30)29-22(19)31(17-5-3-4-6-17)23(33)21(15)16(2)32;;/h2*7-8,13-14,17,25H,3-6,9-12H2,1-2H3,(H,26,27,28,29);;1H2/q;;+1;/p-1. The van der Waals surface area contributed by atoms with Crippen LogP contribution in [0.25, 0.3) is 22.1 Å². The van der Waals surface area contributed by atoms with Crippen molar-refractivity contribution < 1.29 is 44.6 Å². The molecule has 2 aliphatic carbocycles. The summed E-state index contributed by atoms with van der Waals surface area (Å²) < 4.78 is 3.44. The topological polar surface area (TPSA) is 240 Å². The molecule has 5 N–H and O–H groups in total. The van der Waals surface area contributed by atoms with Crippen molar-refractivity contribution in [1.29, 1.82) is 0 Å². The van der Waals surface area contributed by atoms with Crippen LogP contribution in [0, 0.1) is 13.8 Å². The second-order valence-corrected chi connectivity index (χ2v) is 17.7. The molecular formula is C48H59N14NaO5. The maximum atomic E-state index is 13.3. The molecule has 6 aromatic heterocycles. The number of Topliss-reactive ketones (excluding diaryl/α,β-unsaturated/α-hetero) is 2. The van der Waals surface area contributed by atoms with E-state index in [9.17, 15) is 19.2 Å². The summed E-state index contributed by atoms with van der Waals surface area (Å²) in [5, 5.41) is 14.5. The van der Waals surface area contributed by atoms with Gasteiger partial charge >= 0.3 is 29.6 Å². The molecule has 68 heavy (non-hydrogen) atoms. The van der Waals surface area contributed by atoms with Crippen LogP contribution in [-0.4, -0.2) is 108 Å². The predicted molar refractivity (Wildman–Crippen MR) is 259 cm³/mol. The summed E-state index contributed by atoms with van der Waals surface area (Å²) in [7, 11) is 0. The first-order chi connectivity index (χ1) is 32.0. The molecule has 20 heteroatoms. The van der Waals surface area contributed by atoms with Gasteiger partial charge in [-0.3, -0.25) is 28.3 Å². The molecule has 6 aromatic rings. The fourth-order valence-corrected chi connectivity index (χ4v) is 9.99. The Kier molecular flexibility index (Phi) is 16.4. The van der Waals surface area contributed by atoms with Gasteiger partial charge in [0.2, 0.25) is 11.9 Å². The zero-order valence-electron chi connectivity index (χ0n) is 39.6. The fraction of sp³-hybridized carbons (Fsp3) is 0.458. The van der Waals surface area contributed by atoms with Crippen LogP contribution in [0.3, 0.4) is 0 Å². The quantitative estimate of drug-likeness (QED) is 0.114. The number of hydrogen-bond donors (Lipinski definition) is 4. The Bertz CT molecular complexity index is 2690. The smallest absolute Gasteiger partial charge is 0.870 e. The summed E-state index contributed by atoms with van der Waals surface area (Å²) in [6.45, 7) is 14.2. The van der Waals surface area contributed by atoms with E-state index in [-0.39, 0.29) is 80.9 Å². The largest absolute Gasteiger partial charge is 1.00 e. The van der Waals surface area contributed by atoms with E-state index in [1.165, 1.54) is 13.8 Å². The van der Waals surface area contributed by atoms with Crippen molar-refractivity contribution in [3.05, 3.63) is 92.0 Å². The van der Waals surface area contributed by atoms with Gasteiger partial charge in [0.05, 0.1) is 34.9 Å². The van der Waals surface area contributed by atoms with Crippen molar-refractivity contribution in [3.63, 3.8) is 0 Å². The summed E-state index contributed by atoms with van der Waals surface area (Å²) in [5.74, 6) is 1.60. The van der Waals surface area contributed by atoms with Gasteiger partial charge in [-0.1, -0.05) is 25.7 Å². The Hall–Kier alpha value is -5.70. The number of carbonyl (C=O) groups excluding carboxylic acids is 2. The minimum absolute atomic E-state index is 0. The number of aryl methyl sites for hydroxylation is 2. The molecule has 0 atom stereocenters. The van der Waals surface area contributed by atoms with E-state index in [4.69, 9.17) is 9.97 Å². The number of fused-ring (bicyclic) bond motifs is 2. The van der Waals surface area contributed by atoms with Crippen LogP contribution in [-0.2, 0) is 0 Å². The first-order valence-electron chi connectivity index (χ1n) is 23.3. The molecule has 352 valence electrons. The second kappa shape index (κ2) is 22.2. The number of rotatable bonds is 10. The molecule has 4 aliphatic rings. The number of nitrogens with one attached hydrogen (secondary N) is 4. The van der Waals surface area contributed by atoms with Crippen molar-refractivity contribution in [2.75, 3.05) is 72.8 Å². The number of hydrogen-bond acceptors (Lipinski definition) is 17. The number of ketones is 2. The van der Waals surface area contributed by atoms with E-state index in [1.54, 1.807) is 35.4 Å². The van der Waals surface area contributed by atoms with Gasteiger partial charge in [0.25, 0.3) is 11.1 Å². The first kappa shape index (κ1) is 50.2. The van der Waals surface area contributed by atoms with Gasteiger partial charge in [0, 0.05) is 87.6 Å². The van der Waals surface area contributed by atoms with E-state index >= 15 is 0 Å². The van der Waals surface area contributed by atoms with Crippen LogP contribution in [0.1, 0.15) is 109 Å². The first-order valence-corrected chi connectivity index (χ1v) is 23.3. The van der Waals surface area contributed by atoms with Crippen molar-refractivity contribution >= 4 is 68.5 Å². The van der Waals surface area contributed by atoms with E-state index < -0.39 is 0 Å². The van der Waals surface area contributed by atoms with Crippen LogP contribution >= 0.6 is 0 Å². The molecular weight excluding hydrogens is 876 g/mol. The van der Waals surface area contributed by atoms with Crippen LogP contribution in [0.4, 0.5) is 34.9 Å². The molecule has 0 aromatic carbocycles. The molecule has 0 spiro atoms. The molecule has 0 amide bonds. The average Bonchev–Trinajstić information content (AvgIpc) is 4.07. The number of anilines is 6. The van der Waals surface area contributed by atoms with Gasteiger partial charge in [0.15, 0.2) is 11.6 Å². The van der Waals surface area contributed by atoms with Gasteiger partial charge in [0.1, 0.15) is 22.9 Å². The summed E-state index contributed by atoms with van der Waals surface area (Å²) >= 11 is 0. The Morgan fingerprint density at radius 1 is 0.574 bits per heavy atom.